The third-order valence-corrected chi connectivity index (χ3v) is 6.14. The minimum Gasteiger partial charge on any atom is -0.493 e. The summed E-state index contributed by atoms with van der Waals surface area (Å²) >= 11 is 0. The van der Waals surface area contributed by atoms with Gasteiger partial charge in [0.05, 0.1) is 13.2 Å². The molecule has 0 bridgehead atoms. The van der Waals surface area contributed by atoms with Gasteiger partial charge in [0.25, 0.3) is 5.91 Å². The molecular weight excluding hydrogens is 384 g/mol. The van der Waals surface area contributed by atoms with Gasteiger partial charge in [-0.1, -0.05) is 48.5 Å². The van der Waals surface area contributed by atoms with Crippen molar-refractivity contribution in [1.82, 2.24) is 9.47 Å². The van der Waals surface area contributed by atoms with Crippen molar-refractivity contribution >= 4 is 16.8 Å². The standard InChI is InChI=1S/C27H26N2O2/c1-28-24(18-21-9-5-6-10-25(21)28)19-29(15-13-20-7-3-2-4-8-20)27(30)23-11-12-26-22(17-23)14-16-31-26/h2-12,17-18H,13-16,19H2,1H3. The molecule has 1 aliphatic heterocycles. The van der Waals surface area contributed by atoms with Crippen LogP contribution in [-0.2, 0) is 26.4 Å². The Morgan fingerprint density at radius 2 is 1.81 bits per heavy atom. The molecule has 31 heavy (non-hydrogen) atoms. The minimum absolute atomic E-state index is 0.0656. The molecule has 0 radical (unpaired) electrons. The maximum absolute atomic E-state index is 13.6. The maximum atomic E-state index is 13.6. The van der Waals surface area contributed by atoms with Crippen molar-refractivity contribution in [3.8, 4) is 5.75 Å². The summed E-state index contributed by atoms with van der Waals surface area (Å²) in [5, 5.41) is 1.20. The third kappa shape index (κ3) is 3.93. The van der Waals surface area contributed by atoms with Crippen LogP contribution in [0.2, 0.25) is 0 Å². The summed E-state index contributed by atoms with van der Waals surface area (Å²) in [5.41, 5.74) is 5.41. The Morgan fingerprint density at radius 1 is 1.00 bits per heavy atom. The van der Waals surface area contributed by atoms with Gasteiger partial charge in [0.15, 0.2) is 0 Å². The van der Waals surface area contributed by atoms with Crippen molar-refractivity contribution in [3.05, 3.63) is 101 Å². The molecule has 0 atom stereocenters. The quantitative estimate of drug-likeness (QED) is 0.448. The number of benzene rings is 3. The fourth-order valence-electron chi connectivity index (χ4n) is 4.36. The van der Waals surface area contributed by atoms with Gasteiger partial charge in [0.1, 0.15) is 5.75 Å². The second-order valence-corrected chi connectivity index (χ2v) is 8.14. The van der Waals surface area contributed by atoms with Gasteiger partial charge in [-0.25, -0.2) is 0 Å². The Hall–Kier alpha value is -3.53. The highest BCUT2D eigenvalue weighted by Crippen LogP contribution is 2.27. The molecule has 5 rings (SSSR count). The highest BCUT2D eigenvalue weighted by molar-refractivity contribution is 5.94. The highest BCUT2D eigenvalue weighted by Gasteiger charge is 2.21. The average molecular weight is 411 g/mol. The van der Waals surface area contributed by atoms with Gasteiger partial charge in [-0.3, -0.25) is 4.79 Å². The van der Waals surface area contributed by atoms with Crippen molar-refractivity contribution < 1.29 is 9.53 Å². The summed E-state index contributed by atoms with van der Waals surface area (Å²) in [6, 6.07) is 26.7. The van der Waals surface area contributed by atoms with E-state index in [4.69, 9.17) is 4.74 Å². The van der Waals surface area contributed by atoms with Gasteiger partial charge >= 0.3 is 0 Å². The van der Waals surface area contributed by atoms with Gasteiger partial charge in [0.2, 0.25) is 0 Å². The molecule has 4 aromatic rings. The Kier molecular flexibility index (Phi) is 5.21. The summed E-state index contributed by atoms with van der Waals surface area (Å²) in [4.78, 5) is 15.5. The Bertz CT molecular complexity index is 1230. The van der Waals surface area contributed by atoms with Crippen LogP contribution >= 0.6 is 0 Å². The summed E-state index contributed by atoms with van der Waals surface area (Å²) in [7, 11) is 2.07. The highest BCUT2D eigenvalue weighted by atomic mass is 16.5. The minimum atomic E-state index is 0.0656. The van der Waals surface area contributed by atoms with E-state index in [0.29, 0.717) is 19.7 Å². The van der Waals surface area contributed by atoms with Gasteiger partial charge in [-0.2, -0.15) is 0 Å². The molecule has 0 N–H and O–H groups in total. The van der Waals surface area contributed by atoms with Crippen molar-refractivity contribution in [3.63, 3.8) is 0 Å². The van der Waals surface area contributed by atoms with Crippen LogP contribution in [-0.4, -0.2) is 28.5 Å². The zero-order valence-electron chi connectivity index (χ0n) is 17.8. The molecule has 0 fully saturated rings. The van der Waals surface area contributed by atoms with E-state index in [9.17, 15) is 4.79 Å². The summed E-state index contributed by atoms with van der Waals surface area (Å²) in [6.07, 6.45) is 1.69. The van der Waals surface area contributed by atoms with Gasteiger partial charge < -0.3 is 14.2 Å². The number of fused-ring (bicyclic) bond motifs is 2. The molecule has 0 saturated carbocycles. The monoisotopic (exact) mass is 410 g/mol. The van der Waals surface area contributed by atoms with Gasteiger partial charge in [-0.05, 0) is 53.3 Å². The van der Waals surface area contributed by atoms with Crippen LogP contribution in [0.1, 0.15) is 27.2 Å². The van der Waals surface area contributed by atoms with E-state index < -0.39 is 0 Å². The molecule has 3 aromatic carbocycles. The number of carbonyl (C=O) groups is 1. The predicted molar refractivity (Wildman–Crippen MR) is 123 cm³/mol. The smallest absolute Gasteiger partial charge is 0.254 e. The SMILES string of the molecule is Cn1c(CN(CCc2ccccc2)C(=O)c2ccc3c(c2)CCO3)cc2ccccc21. The van der Waals surface area contributed by atoms with E-state index in [0.717, 1.165) is 35.4 Å². The third-order valence-electron chi connectivity index (χ3n) is 6.14. The predicted octanol–water partition coefficient (Wildman–Crippen LogP) is 5.00. The van der Waals surface area contributed by atoms with Crippen LogP contribution in [0.4, 0.5) is 0 Å². The molecule has 4 heteroatoms. The number of amides is 1. The van der Waals surface area contributed by atoms with E-state index in [2.05, 4.69) is 54.1 Å². The van der Waals surface area contributed by atoms with E-state index >= 15 is 0 Å². The van der Waals surface area contributed by atoms with Crippen molar-refractivity contribution in [2.24, 2.45) is 7.05 Å². The number of hydrogen-bond donors (Lipinski definition) is 0. The Labute approximate surface area is 182 Å². The van der Waals surface area contributed by atoms with Crippen molar-refractivity contribution in [2.75, 3.05) is 13.2 Å². The molecule has 1 aromatic heterocycles. The molecule has 0 unspecified atom stereocenters. The van der Waals surface area contributed by atoms with E-state index in [1.165, 1.54) is 16.5 Å². The lowest BCUT2D eigenvalue weighted by Gasteiger charge is -2.24. The fourth-order valence-corrected chi connectivity index (χ4v) is 4.36. The van der Waals surface area contributed by atoms with Crippen molar-refractivity contribution in [2.45, 2.75) is 19.4 Å². The molecule has 4 nitrogen and oxygen atoms in total. The van der Waals surface area contributed by atoms with E-state index in [-0.39, 0.29) is 5.91 Å². The number of nitrogens with zero attached hydrogens (tertiary/aromatic N) is 2. The lowest BCUT2D eigenvalue weighted by molar-refractivity contribution is 0.0742. The molecular formula is C27H26N2O2. The van der Waals surface area contributed by atoms with Crippen molar-refractivity contribution in [1.29, 1.82) is 0 Å². The van der Waals surface area contributed by atoms with Crippen LogP contribution in [0.15, 0.2) is 78.9 Å². The normalized spacial score (nSPS) is 12.5. The van der Waals surface area contributed by atoms with Gasteiger partial charge in [0, 0.05) is 36.8 Å². The van der Waals surface area contributed by atoms with Crippen LogP contribution in [0, 0.1) is 0 Å². The molecule has 0 aliphatic carbocycles. The summed E-state index contributed by atoms with van der Waals surface area (Å²) in [5.74, 6) is 0.969. The zero-order valence-corrected chi connectivity index (χ0v) is 17.8. The van der Waals surface area contributed by atoms with Crippen LogP contribution in [0.25, 0.3) is 10.9 Å². The number of rotatable bonds is 6. The maximum Gasteiger partial charge on any atom is 0.254 e. The van der Waals surface area contributed by atoms with Crippen LogP contribution in [0.3, 0.4) is 0 Å². The molecule has 1 aliphatic rings. The second-order valence-electron chi connectivity index (χ2n) is 8.14. The zero-order chi connectivity index (χ0) is 21.2. The molecule has 0 spiro atoms. The molecule has 1 amide bonds. The molecule has 156 valence electrons. The second kappa shape index (κ2) is 8.31. The number of carbonyl (C=O) groups excluding carboxylic acids is 1. The van der Waals surface area contributed by atoms with E-state index in [1.54, 1.807) is 0 Å². The van der Waals surface area contributed by atoms with Crippen LogP contribution in [0.5, 0.6) is 5.75 Å². The summed E-state index contributed by atoms with van der Waals surface area (Å²) in [6.45, 7) is 1.93. The topological polar surface area (TPSA) is 34.5 Å². The number of ether oxygens (including phenoxy) is 1. The Morgan fingerprint density at radius 3 is 2.65 bits per heavy atom. The number of para-hydroxylation sites is 1. The number of aromatic nitrogens is 1. The fraction of sp³-hybridized carbons (Fsp3) is 0.222. The molecule has 2 heterocycles. The first-order chi connectivity index (χ1) is 15.2. The first kappa shape index (κ1) is 19.4. The van der Waals surface area contributed by atoms with Crippen LogP contribution < -0.4 is 4.74 Å². The first-order valence-electron chi connectivity index (χ1n) is 10.8. The summed E-state index contributed by atoms with van der Waals surface area (Å²) < 4.78 is 7.80. The van der Waals surface area contributed by atoms with E-state index in [1.807, 2.05) is 41.3 Å². The number of aryl methyl sites for hydroxylation is 1. The largest absolute Gasteiger partial charge is 0.493 e. The molecule has 0 saturated heterocycles. The first-order valence-corrected chi connectivity index (χ1v) is 10.8. The lowest BCUT2D eigenvalue weighted by Crippen LogP contribution is -2.33. The average Bonchev–Trinajstić information content (AvgIpc) is 3.41. The Balaban J connectivity index is 1.44. The lowest BCUT2D eigenvalue weighted by atomic mass is 10.1. The number of hydrogen-bond acceptors (Lipinski definition) is 2. The van der Waals surface area contributed by atoms with Gasteiger partial charge in [-0.15, -0.1) is 0 Å².